The van der Waals surface area contributed by atoms with Gasteiger partial charge in [0.15, 0.2) is 6.61 Å². The molecular weight excluding hydrogens is 410 g/mol. The summed E-state index contributed by atoms with van der Waals surface area (Å²) in [6, 6.07) is 14.1. The highest BCUT2D eigenvalue weighted by molar-refractivity contribution is 7.99. The topological polar surface area (TPSA) is 91.5 Å². The molecule has 0 radical (unpaired) electrons. The van der Waals surface area contributed by atoms with Gasteiger partial charge in [-0.05, 0) is 30.3 Å². The van der Waals surface area contributed by atoms with Crippen molar-refractivity contribution in [2.75, 3.05) is 33.0 Å². The second-order valence-corrected chi connectivity index (χ2v) is 9.73. The van der Waals surface area contributed by atoms with Crippen LogP contribution in [0.15, 0.2) is 64.5 Å². The third-order valence-corrected chi connectivity index (χ3v) is 7.09. The Labute approximate surface area is 174 Å². The van der Waals surface area contributed by atoms with E-state index in [9.17, 15) is 13.2 Å². The van der Waals surface area contributed by atoms with Gasteiger partial charge in [-0.15, -0.1) is 11.8 Å². The summed E-state index contributed by atoms with van der Waals surface area (Å²) in [5, 5.41) is 3.99. The summed E-state index contributed by atoms with van der Waals surface area (Å²) in [6.07, 6.45) is 1.97. The number of carbonyl (C=O) groups excluding carboxylic acids is 1. The number of hydrogen-bond donors (Lipinski definition) is 2. The van der Waals surface area contributed by atoms with Crippen LogP contribution in [-0.2, 0) is 14.8 Å². The van der Waals surface area contributed by atoms with Crippen molar-refractivity contribution < 1.29 is 17.9 Å². The molecule has 9 heteroatoms. The van der Waals surface area contributed by atoms with Crippen molar-refractivity contribution in [2.45, 2.75) is 9.79 Å². The van der Waals surface area contributed by atoms with E-state index in [1.54, 1.807) is 11.8 Å². The molecule has 3 rings (SSSR count). The van der Waals surface area contributed by atoms with Crippen molar-refractivity contribution in [1.82, 2.24) is 14.6 Å². The van der Waals surface area contributed by atoms with Gasteiger partial charge in [-0.25, -0.2) is 12.7 Å². The second kappa shape index (κ2) is 9.34. The molecule has 2 aromatic carbocycles. The van der Waals surface area contributed by atoms with Gasteiger partial charge in [0.05, 0.1) is 4.90 Å². The Bertz CT molecular complexity index is 1080. The first-order valence-electron chi connectivity index (χ1n) is 8.99. The number of carbonyl (C=O) groups is 1. The van der Waals surface area contributed by atoms with E-state index in [2.05, 4.69) is 16.4 Å². The van der Waals surface area contributed by atoms with Crippen molar-refractivity contribution in [3.8, 4) is 5.75 Å². The quantitative estimate of drug-likeness (QED) is 0.400. The maximum Gasteiger partial charge on any atom is 0.257 e. The standard InChI is InChI=1S/C20H23N3O4S2/c1-23(2)29(25,26)16-9-7-15(8-10-16)27-14-20(24)21-11-12-28-19-13-22-18-6-4-3-5-17(18)19/h3-10,13,22H,11-12,14H2,1-2H3,(H,21,24). The molecule has 0 bridgehead atoms. The van der Waals surface area contributed by atoms with Gasteiger partial charge in [0.2, 0.25) is 10.0 Å². The van der Waals surface area contributed by atoms with Gasteiger partial charge in [0.1, 0.15) is 5.75 Å². The summed E-state index contributed by atoms with van der Waals surface area (Å²) in [4.78, 5) is 16.5. The van der Waals surface area contributed by atoms with Crippen molar-refractivity contribution in [2.24, 2.45) is 0 Å². The molecule has 154 valence electrons. The van der Waals surface area contributed by atoms with Crippen molar-refractivity contribution >= 4 is 38.6 Å². The Balaban J connectivity index is 1.41. The van der Waals surface area contributed by atoms with Crippen LogP contribution in [0.4, 0.5) is 0 Å². The number of thioether (sulfide) groups is 1. The molecule has 0 aliphatic carbocycles. The minimum atomic E-state index is -3.48. The second-order valence-electron chi connectivity index (χ2n) is 6.44. The molecule has 0 spiro atoms. The van der Waals surface area contributed by atoms with Crippen LogP contribution in [-0.4, -0.2) is 56.6 Å². The van der Waals surface area contributed by atoms with Crippen LogP contribution >= 0.6 is 11.8 Å². The lowest BCUT2D eigenvalue weighted by Crippen LogP contribution is -2.30. The van der Waals surface area contributed by atoms with Crippen LogP contribution in [0.25, 0.3) is 10.9 Å². The Kier molecular flexibility index (Phi) is 6.83. The number of rotatable bonds is 9. The Hall–Kier alpha value is -2.49. The van der Waals surface area contributed by atoms with Crippen LogP contribution in [0.5, 0.6) is 5.75 Å². The minimum Gasteiger partial charge on any atom is -0.484 e. The number of H-pyrrole nitrogens is 1. The third-order valence-electron chi connectivity index (χ3n) is 4.21. The van der Waals surface area contributed by atoms with E-state index >= 15 is 0 Å². The molecule has 1 aromatic heterocycles. The zero-order valence-corrected chi connectivity index (χ0v) is 17.8. The van der Waals surface area contributed by atoms with Gasteiger partial charge in [-0.2, -0.15) is 0 Å². The zero-order chi connectivity index (χ0) is 20.9. The number of aromatic nitrogens is 1. The normalized spacial score (nSPS) is 11.7. The van der Waals surface area contributed by atoms with Gasteiger partial charge in [0.25, 0.3) is 5.91 Å². The SMILES string of the molecule is CN(C)S(=O)(=O)c1ccc(OCC(=O)NCCSc2c[nH]c3ccccc23)cc1. The summed E-state index contributed by atoms with van der Waals surface area (Å²) in [5.74, 6) is 0.950. The van der Waals surface area contributed by atoms with Crippen LogP contribution in [0.2, 0.25) is 0 Å². The average Bonchev–Trinajstić information content (AvgIpc) is 3.13. The predicted octanol–water partition coefficient (Wildman–Crippen LogP) is 2.71. The van der Waals surface area contributed by atoms with E-state index in [4.69, 9.17) is 4.74 Å². The molecule has 29 heavy (non-hydrogen) atoms. The summed E-state index contributed by atoms with van der Waals surface area (Å²) < 4.78 is 30.6. The first kappa shape index (κ1) is 21.2. The lowest BCUT2D eigenvalue weighted by molar-refractivity contribution is -0.122. The van der Waals surface area contributed by atoms with Gasteiger partial charge < -0.3 is 15.0 Å². The summed E-state index contributed by atoms with van der Waals surface area (Å²) >= 11 is 1.67. The molecule has 0 aliphatic rings. The summed E-state index contributed by atoms with van der Waals surface area (Å²) in [5.41, 5.74) is 1.09. The fraction of sp³-hybridized carbons (Fsp3) is 0.250. The number of nitrogens with zero attached hydrogens (tertiary/aromatic N) is 1. The van der Waals surface area contributed by atoms with E-state index in [0.29, 0.717) is 12.3 Å². The first-order valence-corrected chi connectivity index (χ1v) is 11.4. The zero-order valence-electron chi connectivity index (χ0n) is 16.2. The molecular formula is C20H23N3O4S2. The fourth-order valence-corrected chi connectivity index (χ4v) is 4.44. The highest BCUT2D eigenvalue weighted by Crippen LogP contribution is 2.27. The number of para-hydroxylation sites is 1. The van der Waals surface area contributed by atoms with Gasteiger partial charge in [-0.1, -0.05) is 18.2 Å². The number of fused-ring (bicyclic) bond motifs is 1. The number of sulfonamides is 1. The molecule has 0 unspecified atom stereocenters. The fourth-order valence-electron chi connectivity index (χ4n) is 2.63. The van der Waals surface area contributed by atoms with E-state index in [-0.39, 0.29) is 17.4 Å². The molecule has 0 saturated heterocycles. The number of aromatic amines is 1. The molecule has 1 amide bonds. The number of amides is 1. The van der Waals surface area contributed by atoms with Crippen LogP contribution in [0, 0.1) is 0 Å². The minimum absolute atomic E-state index is 0.127. The molecule has 0 atom stereocenters. The van der Waals surface area contributed by atoms with Crippen LogP contribution in [0.3, 0.4) is 0 Å². The monoisotopic (exact) mass is 433 g/mol. The van der Waals surface area contributed by atoms with E-state index < -0.39 is 10.0 Å². The van der Waals surface area contributed by atoms with Crippen LogP contribution in [0.1, 0.15) is 0 Å². The molecule has 1 heterocycles. The van der Waals surface area contributed by atoms with E-state index in [0.717, 1.165) is 20.5 Å². The molecule has 0 saturated carbocycles. The maximum atomic E-state index is 12.0. The van der Waals surface area contributed by atoms with Crippen molar-refractivity contribution in [3.05, 3.63) is 54.7 Å². The van der Waals surface area contributed by atoms with Gasteiger partial charge >= 0.3 is 0 Å². The highest BCUT2D eigenvalue weighted by Gasteiger charge is 2.16. The largest absolute Gasteiger partial charge is 0.484 e. The molecule has 2 N–H and O–H groups in total. The van der Waals surface area contributed by atoms with E-state index in [1.807, 2.05) is 24.4 Å². The molecule has 0 fully saturated rings. The molecule has 3 aromatic rings. The Morgan fingerprint density at radius 1 is 1.14 bits per heavy atom. The predicted molar refractivity (Wildman–Crippen MR) is 115 cm³/mol. The number of ether oxygens (including phenoxy) is 1. The average molecular weight is 434 g/mol. The molecule has 0 aliphatic heterocycles. The smallest absolute Gasteiger partial charge is 0.257 e. The van der Waals surface area contributed by atoms with Gasteiger partial charge in [0, 0.05) is 48.4 Å². The summed E-state index contributed by atoms with van der Waals surface area (Å²) in [7, 11) is -0.532. The highest BCUT2D eigenvalue weighted by atomic mass is 32.2. The van der Waals surface area contributed by atoms with Crippen molar-refractivity contribution in [3.63, 3.8) is 0 Å². The van der Waals surface area contributed by atoms with Crippen molar-refractivity contribution in [1.29, 1.82) is 0 Å². The third kappa shape index (κ3) is 5.31. The molecule has 7 nitrogen and oxygen atoms in total. The number of hydrogen-bond acceptors (Lipinski definition) is 5. The van der Waals surface area contributed by atoms with E-state index in [1.165, 1.54) is 43.7 Å². The number of benzene rings is 2. The summed E-state index contributed by atoms with van der Waals surface area (Å²) in [6.45, 7) is 0.393. The maximum absolute atomic E-state index is 12.0. The lowest BCUT2D eigenvalue weighted by Gasteiger charge is -2.12. The van der Waals surface area contributed by atoms with Crippen LogP contribution < -0.4 is 10.1 Å². The number of nitrogens with one attached hydrogen (secondary N) is 2. The first-order chi connectivity index (χ1) is 13.9. The van der Waals surface area contributed by atoms with Gasteiger partial charge in [-0.3, -0.25) is 4.79 Å². The Morgan fingerprint density at radius 2 is 1.86 bits per heavy atom. The lowest BCUT2D eigenvalue weighted by atomic mass is 10.2. The Morgan fingerprint density at radius 3 is 2.59 bits per heavy atom.